The van der Waals surface area contributed by atoms with Crippen molar-refractivity contribution in [3.63, 3.8) is 0 Å². The number of rotatable bonds is 0. The lowest BCUT2D eigenvalue weighted by atomic mass is 10.1. The van der Waals surface area contributed by atoms with Gasteiger partial charge >= 0.3 is 0 Å². The molecule has 0 atom stereocenters. The number of anilines is 1. The average molecular weight is 170 g/mol. The third-order valence-corrected chi connectivity index (χ3v) is 1.77. The molecule has 0 fully saturated rings. The number of nitrogens with zero attached hydrogens (tertiary/aromatic N) is 1. The van der Waals surface area contributed by atoms with Crippen LogP contribution in [0.1, 0.15) is 17.5 Å². The van der Waals surface area contributed by atoms with E-state index in [1.807, 2.05) is 31.2 Å². The van der Waals surface area contributed by atoms with Crippen LogP contribution in [0, 0.1) is 30.1 Å². The molecule has 1 aromatic rings. The summed E-state index contributed by atoms with van der Waals surface area (Å²) in [6, 6.07) is 7.56. The van der Waals surface area contributed by atoms with Gasteiger partial charge in [0, 0.05) is 11.3 Å². The van der Waals surface area contributed by atoms with E-state index in [1.165, 1.54) is 0 Å². The summed E-state index contributed by atoms with van der Waals surface area (Å²) in [7, 11) is 0. The van der Waals surface area contributed by atoms with Crippen molar-refractivity contribution in [3.05, 3.63) is 29.3 Å². The van der Waals surface area contributed by atoms with Crippen LogP contribution in [0.25, 0.3) is 0 Å². The predicted molar refractivity (Wildman–Crippen MR) is 52.7 cm³/mol. The van der Waals surface area contributed by atoms with Crippen molar-refractivity contribution in [2.45, 2.75) is 13.3 Å². The number of hydrogen-bond acceptors (Lipinski definition) is 2. The topological polar surface area (TPSA) is 49.8 Å². The smallest absolute Gasteiger partial charge is 0.0966 e. The summed E-state index contributed by atoms with van der Waals surface area (Å²) in [5.41, 5.74) is 8.31. The van der Waals surface area contributed by atoms with Crippen LogP contribution in [0.2, 0.25) is 0 Å². The van der Waals surface area contributed by atoms with Gasteiger partial charge in [-0.25, -0.2) is 0 Å². The van der Waals surface area contributed by atoms with Gasteiger partial charge in [-0.2, -0.15) is 5.26 Å². The summed E-state index contributed by atoms with van der Waals surface area (Å²) in [5.74, 6) is 5.65. The molecule has 0 saturated heterocycles. The highest BCUT2D eigenvalue weighted by molar-refractivity contribution is 5.55. The van der Waals surface area contributed by atoms with E-state index >= 15 is 0 Å². The molecule has 0 aliphatic carbocycles. The maximum Gasteiger partial charge on any atom is 0.0966 e. The van der Waals surface area contributed by atoms with Crippen molar-refractivity contribution in [1.29, 1.82) is 5.26 Å². The van der Waals surface area contributed by atoms with E-state index in [2.05, 4.69) is 11.8 Å². The Morgan fingerprint density at radius 2 is 2.23 bits per heavy atom. The first-order chi connectivity index (χ1) is 6.25. The molecule has 1 aromatic carbocycles. The van der Waals surface area contributed by atoms with Crippen LogP contribution in [-0.4, -0.2) is 0 Å². The zero-order valence-electron chi connectivity index (χ0n) is 7.46. The molecule has 1 rings (SSSR count). The fraction of sp³-hybridized carbons (Fsp3) is 0.182. The highest BCUT2D eigenvalue weighted by atomic mass is 14.5. The maximum atomic E-state index is 8.29. The SMILES string of the molecule is Cc1c(N)cccc1C#CCC#N. The summed E-state index contributed by atoms with van der Waals surface area (Å²) in [5, 5.41) is 8.29. The van der Waals surface area contributed by atoms with Crippen LogP contribution >= 0.6 is 0 Å². The van der Waals surface area contributed by atoms with Crippen LogP contribution in [0.15, 0.2) is 18.2 Å². The molecule has 64 valence electrons. The number of nitrogen functional groups attached to an aromatic ring is 1. The molecular weight excluding hydrogens is 160 g/mol. The summed E-state index contributed by atoms with van der Waals surface area (Å²) in [6.07, 6.45) is 0.258. The van der Waals surface area contributed by atoms with Gasteiger partial charge in [-0.1, -0.05) is 17.9 Å². The third-order valence-electron chi connectivity index (χ3n) is 1.77. The quantitative estimate of drug-likeness (QED) is 0.477. The summed E-state index contributed by atoms with van der Waals surface area (Å²) in [6.45, 7) is 1.92. The van der Waals surface area contributed by atoms with Crippen LogP contribution < -0.4 is 5.73 Å². The largest absolute Gasteiger partial charge is 0.398 e. The molecule has 0 saturated carbocycles. The van der Waals surface area contributed by atoms with Crippen molar-refractivity contribution >= 4 is 5.69 Å². The normalized spacial score (nSPS) is 8.31. The Bertz CT molecular complexity index is 402. The minimum Gasteiger partial charge on any atom is -0.398 e. The van der Waals surface area contributed by atoms with Gasteiger partial charge in [0.1, 0.15) is 0 Å². The summed E-state index contributed by atoms with van der Waals surface area (Å²) < 4.78 is 0. The van der Waals surface area contributed by atoms with Crippen LogP contribution in [-0.2, 0) is 0 Å². The molecule has 2 N–H and O–H groups in total. The van der Waals surface area contributed by atoms with Crippen molar-refractivity contribution in [3.8, 4) is 17.9 Å². The molecule has 0 spiro atoms. The van der Waals surface area contributed by atoms with Crippen LogP contribution in [0.4, 0.5) is 5.69 Å². The molecule has 0 heterocycles. The van der Waals surface area contributed by atoms with E-state index < -0.39 is 0 Å². The van der Waals surface area contributed by atoms with Crippen molar-refractivity contribution < 1.29 is 0 Å². The second kappa shape index (κ2) is 4.18. The van der Waals surface area contributed by atoms with Crippen LogP contribution in [0.3, 0.4) is 0 Å². The number of hydrogen-bond donors (Lipinski definition) is 1. The van der Waals surface area contributed by atoms with E-state index in [4.69, 9.17) is 11.0 Å². The van der Waals surface area contributed by atoms with E-state index in [1.54, 1.807) is 0 Å². The molecule has 0 radical (unpaired) electrons. The molecule has 0 aromatic heterocycles. The number of nitrogens with two attached hydrogens (primary N) is 1. The van der Waals surface area contributed by atoms with Gasteiger partial charge < -0.3 is 5.73 Å². The standard InChI is InChI=1S/C11H10N2/c1-9-10(5-2-3-8-12)6-4-7-11(9)13/h4,6-7H,3,13H2,1H3. The molecule has 0 bridgehead atoms. The molecule has 13 heavy (non-hydrogen) atoms. The highest BCUT2D eigenvalue weighted by Gasteiger charge is 1.96. The number of benzene rings is 1. The fourth-order valence-corrected chi connectivity index (χ4v) is 0.968. The fourth-order valence-electron chi connectivity index (χ4n) is 0.968. The van der Waals surface area contributed by atoms with E-state index in [0.29, 0.717) is 0 Å². The second-order valence-corrected chi connectivity index (χ2v) is 2.66. The molecule has 0 aliphatic rings. The molecule has 0 amide bonds. The molecule has 2 heteroatoms. The zero-order chi connectivity index (χ0) is 9.68. The van der Waals surface area contributed by atoms with Gasteiger partial charge in [-0.05, 0) is 24.6 Å². The lowest BCUT2D eigenvalue weighted by Crippen LogP contribution is -1.91. The first kappa shape index (κ1) is 9.16. The highest BCUT2D eigenvalue weighted by Crippen LogP contribution is 2.13. The monoisotopic (exact) mass is 170 g/mol. The molecular formula is C11H10N2. The zero-order valence-corrected chi connectivity index (χ0v) is 7.46. The first-order valence-electron chi connectivity index (χ1n) is 3.96. The Balaban J connectivity index is 2.99. The van der Waals surface area contributed by atoms with Gasteiger partial charge in [0.25, 0.3) is 0 Å². The lowest BCUT2D eigenvalue weighted by Gasteiger charge is -2.00. The van der Waals surface area contributed by atoms with Gasteiger partial charge in [0.15, 0.2) is 0 Å². The summed E-state index contributed by atoms with van der Waals surface area (Å²) in [4.78, 5) is 0. The lowest BCUT2D eigenvalue weighted by molar-refractivity contribution is 1.39. The minimum absolute atomic E-state index is 0.258. The Kier molecular flexibility index (Phi) is 2.95. The van der Waals surface area contributed by atoms with Crippen LogP contribution in [0.5, 0.6) is 0 Å². The van der Waals surface area contributed by atoms with E-state index in [-0.39, 0.29) is 6.42 Å². The molecule has 0 unspecified atom stereocenters. The average Bonchev–Trinajstić information content (AvgIpc) is 2.13. The first-order valence-corrected chi connectivity index (χ1v) is 3.96. The number of nitriles is 1. The maximum absolute atomic E-state index is 8.29. The van der Waals surface area contributed by atoms with Gasteiger partial charge in [0.05, 0.1) is 12.5 Å². The Labute approximate surface area is 78.0 Å². The van der Waals surface area contributed by atoms with Crippen molar-refractivity contribution in [2.75, 3.05) is 5.73 Å². The minimum atomic E-state index is 0.258. The predicted octanol–water partition coefficient (Wildman–Crippen LogP) is 1.84. The Morgan fingerprint density at radius 3 is 2.92 bits per heavy atom. The van der Waals surface area contributed by atoms with E-state index in [9.17, 15) is 0 Å². The van der Waals surface area contributed by atoms with Gasteiger partial charge in [-0.15, -0.1) is 0 Å². The summed E-state index contributed by atoms with van der Waals surface area (Å²) >= 11 is 0. The molecule has 0 aliphatic heterocycles. The van der Waals surface area contributed by atoms with Crippen molar-refractivity contribution in [2.24, 2.45) is 0 Å². The molecule has 2 nitrogen and oxygen atoms in total. The second-order valence-electron chi connectivity index (χ2n) is 2.66. The Hall–Kier alpha value is -1.93. The van der Waals surface area contributed by atoms with Gasteiger partial charge in [0.2, 0.25) is 0 Å². The van der Waals surface area contributed by atoms with Gasteiger partial charge in [-0.3, -0.25) is 0 Å². The third kappa shape index (κ3) is 2.25. The van der Waals surface area contributed by atoms with E-state index in [0.717, 1.165) is 16.8 Å². The Morgan fingerprint density at radius 1 is 1.46 bits per heavy atom. The van der Waals surface area contributed by atoms with Crippen molar-refractivity contribution in [1.82, 2.24) is 0 Å².